The Morgan fingerprint density at radius 2 is 1.49 bits per heavy atom. The summed E-state index contributed by atoms with van der Waals surface area (Å²) in [6.07, 6.45) is 0.0651. The molecule has 10 heteroatoms. The second-order valence-electron chi connectivity index (χ2n) is 12.7. The number of benzene rings is 3. The second-order valence-corrected chi connectivity index (χ2v) is 15.1. The monoisotopic (exact) mass is 649 g/mol. The number of ether oxygens (including phenoxy) is 1. The smallest absolute Gasteiger partial charge is 0.262 e. The molecule has 1 saturated heterocycles. The third kappa shape index (κ3) is 6.26. The molecule has 2 heterocycles. The minimum absolute atomic E-state index is 0.0651. The molecular formula is C35H40ClN3O5S. The van der Waals surface area contributed by atoms with Crippen molar-refractivity contribution in [2.75, 3.05) is 33.3 Å². The van der Waals surface area contributed by atoms with E-state index in [4.69, 9.17) is 16.3 Å². The molecule has 0 spiro atoms. The number of rotatable bonds is 6. The van der Waals surface area contributed by atoms with Crippen molar-refractivity contribution in [2.24, 2.45) is 0 Å². The Bertz CT molecular complexity index is 1880. The standard InChI is InChI=1S/C35H40ClN3O5S/c1-22-18-26(35(4,5)6)19-23(2)33(22)45(42,43)38-16-14-37(15-17-38)32(40)21-29-24(3)39(31-13-12-28(44-7)20-30(29)31)34(41)25-8-10-27(36)11-9-25/h8-13,18-20H,14-17,21H2,1-7H3. The zero-order valence-corrected chi connectivity index (χ0v) is 28.5. The van der Waals surface area contributed by atoms with Gasteiger partial charge in [0, 0.05) is 47.8 Å². The summed E-state index contributed by atoms with van der Waals surface area (Å²) >= 11 is 6.05. The maximum Gasteiger partial charge on any atom is 0.262 e. The molecule has 0 saturated carbocycles. The Labute approximate surface area is 270 Å². The fraction of sp³-hybridized carbons (Fsp3) is 0.371. The van der Waals surface area contributed by atoms with Gasteiger partial charge in [-0.15, -0.1) is 0 Å². The van der Waals surface area contributed by atoms with E-state index in [2.05, 4.69) is 20.8 Å². The number of sulfonamides is 1. The van der Waals surface area contributed by atoms with Crippen LogP contribution in [0.2, 0.25) is 5.02 Å². The summed E-state index contributed by atoms with van der Waals surface area (Å²) in [6, 6.07) is 16.1. The highest BCUT2D eigenvalue weighted by atomic mass is 35.5. The topological polar surface area (TPSA) is 88.9 Å². The molecule has 1 aliphatic heterocycles. The van der Waals surface area contributed by atoms with Gasteiger partial charge in [0.1, 0.15) is 5.75 Å². The first kappa shape index (κ1) is 32.7. The van der Waals surface area contributed by atoms with E-state index in [0.717, 1.165) is 27.6 Å². The number of methoxy groups -OCH3 is 1. The van der Waals surface area contributed by atoms with E-state index < -0.39 is 10.0 Å². The summed E-state index contributed by atoms with van der Waals surface area (Å²) in [6.45, 7) is 12.8. The first-order valence-corrected chi connectivity index (χ1v) is 16.8. The fourth-order valence-electron chi connectivity index (χ4n) is 6.16. The van der Waals surface area contributed by atoms with Gasteiger partial charge in [0.15, 0.2) is 0 Å². The van der Waals surface area contributed by atoms with Crippen molar-refractivity contribution in [1.29, 1.82) is 0 Å². The first-order chi connectivity index (χ1) is 21.1. The maximum absolute atomic E-state index is 13.8. The van der Waals surface area contributed by atoms with Crippen molar-refractivity contribution in [3.05, 3.63) is 93.1 Å². The Morgan fingerprint density at radius 3 is 2.04 bits per heavy atom. The molecule has 0 bridgehead atoms. The van der Waals surface area contributed by atoms with Crippen molar-refractivity contribution in [3.8, 4) is 5.75 Å². The largest absolute Gasteiger partial charge is 0.497 e. The average Bonchev–Trinajstić information content (AvgIpc) is 3.26. The predicted octanol–water partition coefficient (Wildman–Crippen LogP) is 6.29. The van der Waals surface area contributed by atoms with Gasteiger partial charge < -0.3 is 9.64 Å². The Kier molecular flexibility index (Phi) is 8.92. The lowest BCUT2D eigenvalue weighted by Gasteiger charge is -2.35. The minimum atomic E-state index is -3.74. The van der Waals surface area contributed by atoms with Crippen LogP contribution in [0.15, 0.2) is 59.5 Å². The summed E-state index contributed by atoms with van der Waals surface area (Å²) in [5.74, 6) is 0.267. The summed E-state index contributed by atoms with van der Waals surface area (Å²) in [4.78, 5) is 29.4. The summed E-state index contributed by atoms with van der Waals surface area (Å²) < 4.78 is 36.1. The number of nitrogens with zero attached hydrogens (tertiary/aromatic N) is 3. The van der Waals surface area contributed by atoms with Crippen LogP contribution in [0, 0.1) is 20.8 Å². The van der Waals surface area contributed by atoms with Crippen LogP contribution in [-0.4, -0.2) is 67.3 Å². The zero-order valence-electron chi connectivity index (χ0n) is 26.9. The minimum Gasteiger partial charge on any atom is -0.497 e. The lowest BCUT2D eigenvalue weighted by molar-refractivity contribution is -0.131. The summed E-state index contributed by atoms with van der Waals surface area (Å²) in [5.41, 5.74) is 5.01. The van der Waals surface area contributed by atoms with Crippen LogP contribution in [0.25, 0.3) is 10.9 Å². The zero-order chi connectivity index (χ0) is 32.8. The van der Waals surface area contributed by atoms with Crippen LogP contribution in [0.1, 0.15) is 59.1 Å². The highest BCUT2D eigenvalue weighted by molar-refractivity contribution is 7.89. The molecule has 5 rings (SSSR count). The lowest BCUT2D eigenvalue weighted by atomic mass is 9.85. The van der Waals surface area contributed by atoms with Gasteiger partial charge in [0.2, 0.25) is 15.9 Å². The number of carbonyl (C=O) groups excluding carboxylic acids is 2. The first-order valence-electron chi connectivity index (χ1n) is 15.0. The molecule has 8 nitrogen and oxygen atoms in total. The van der Waals surface area contributed by atoms with Gasteiger partial charge in [0.05, 0.1) is 23.9 Å². The van der Waals surface area contributed by atoms with Gasteiger partial charge in [-0.25, -0.2) is 8.42 Å². The van der Waals surface area contributed by atoms with Gasteiger partial charge in [0.25, 0.3) is 5.91 Å². The summed E-state index contributed by atoms with van der Waals surface area (Å²) in [5, 5.41) is 1.29. The molecule has 3 aromatic carbocycles. The molecule has 0 N–H and O–H groups in total. The molecule has 0 atom stereocenters. The molecule has 1 aromatic heterocycles. The lowest BCUT2D eigenvalue weighted by Crippen LogP contribution is -2.51. The van der Waals surface area contributed by atoms with Gasteiger partial charge in [-0.1, -0.05) is 44.5 Å². The molecule has 0 aliphatic carbocycles. The summed E-state index contributed by atoms with van der Waals surface area (Å²) in [7, 11) is -2.17. The Balaban J connectivity index is 1.38. The highest BCUT2D eigenvalue weighted by Crippen LogP contribution is 2.33. The fourth-order valence-corrected chi connectivity index (χ4v) is 8.12. The van der Waals surface area contributed by atoms with E-state index in [1.54, 1.807) is 46.9 Å². The van der Waals surface area contributed by atoms with Gasteiger partial charge in [-0.05, 0) is 90.9 Å². The number of carbonyl (C=O) groups is 2. The molecule has 1 aliphatic rings. The molecule has 1 amide bonds. The quantitative estimate of drug-likeness (QED) is 0.245. The molecular weight excluding hydrogens is 610 g/mol. The number of amides is 1. The molecule has 1 fully saturated rings. The van der Waals surface area contributed by atoms with Crippen molar-refractivity contribution >= 4 is 44.3 Å². The highest BCUT2D eigenvalue weighted by Gasteiger charge is 2.33. The SMILES string of the molecule is COc1ccc2c(c1)c(CC(=O)N1CCN(S(=O)(=O)c3c(C)cc(C(C)(C)C)cc3C)CC1)c(C)n2C(=O)c1ccc(Cl)cc1. The van der Waals surface area contributed by atoms with Crippen molar-refractivity contribution in [3.63, 3.8) is 0 Å². The predicted molar refractivity (Wildman–Crippen MR) is 178 cm³/mol. The van der Waals surface area contributed by atoms with Crippen LogP contribution in [0.4, 0.5) is 0 Å². The average molecular weight is 650 g/mol. The van der Waals surface area contributed by atoms with Crippen molar-refractivity contribution in [1.82, 2.24) is 13.8 Å². The van der Waals surface area contributed by atoms with Gasteiger partial charge >= 0.3 is 0 Å². The van der Waals surface area contributed by atoms with E-state index in [1.807, 2.05) is 45.0 Å². The number of piperazine rings is 1. The van der Waals surface area contributed by atoms with E-state index in [-0.39, 0.29) is 49.8 Å². The Hall–Kier alpha value is -3.66. The number of fused-ring (bicyclic) bond motifs is 1. The molecule has 0 unspecified atom stereocenters. The van der Waals surface area contributed by atoms with Crippen LogP contribution in [-0.2, 0) is 26.7 Å². The van der Waals surface area contributed by atoms with Gasteiger partial charge in [-0.3, -0.25) is 14.2 Å². The molecule has 45 heavy (non-hydrogen) atoms. The van der Waals surface area contributed by atoms with Crippen LogP contribution >= 0.6 is 11.6 Å². The number of aromatic nitrogens is 1. The van der Waals surface area contributed by atoms with Crippen molar-refractivity contribution in [2.45, 2.75) is 58.3 Å². The third-order valence-corrected chi connectivity index (χ3v) is 11.1. The van der Waals surface area contributed by atoms with E-state index in [9.17, 15) is 18.0 Å². The molecule has 238 valence electrons. The van der Waals surface area contributed by atoms with Gasteiger partial charge in [-0.2, -0.15) is 4.31 Å². The normalized spacial score (nSPS) is 14.6. The molecule has 0 radical (unpaired) electrons. The number of hydrogen-bond acceptors (Lipinski definition) is 5. The van der Waals surface area contributed by atoms with Crippen molar-refractivity contribution < 1.29 is 22.7 Å². The van der Waals surface area contributed by atoms with E-state index in [1.165, 1.54) is 4.31 Å². The van der Waals surface area contributed by atoms with Crippen LogP contribution in [0.3, 0.4) is 0 Å². The number of halogens is 1. The number of hydrogen-bond donors (Lipinski definition) is 0. The van der Waals surface area contributed by atoms with Crippen LogP contribution < -0.4 is 4.74 Å². The molecule has 4 aromatic rings. The third-order valence-electron chi connectivity index (χ3n) is 8.68. The van der Waals surface area contributed by atoms with E-state index in [0.29, 0.717) is 32.4 Å². The second kappa shape index (κ2) is 12.3. The van der Waals surface area contributed by atoms with E-state index >= 15 is 0 Å². The Morgan fingerprint density at radius 1 is 0.889 bits per heavy atom. The van der Waals surface area contributed by atoms with Crippen LogP contribution in [0.5, 0.6) is 5.75 Å². The maximum atomic E-state index is 13.8. The number of aryl methyl sites for hydroxylation is 2.